The molecule has 0 spiro atoms. The molecule has 8 nitrogen and oxygen atoms in total. The van der Waals surface area contributed by atoms with Gasteiger partial charge in [-0.2, -0.15) is 0 Å². The van der Waals surface area contributed by atoms with Crippen LogP contribution in [0.15, 0.2) is 48.8 Å². The van der Waals surface area contributed by atoms with E-state index in [-0.39, 0.29) is 55.0 Å². The molecule has 216 valence electrons. The quantitative estimate of drug-likeness (QED) is 0.192. The number of carbonyl (C=O) groups excluding carboxylic acids is 2. The van der Waals surface area contributed by atoms with Crippen LogP contribution in [0.25, 0.3) is 21.8 Å². The summed E-state index contributed by atoms with van der Waals surface area (Å²) < 4.78 is 94.6. The molecule has 0 amide bonds. The van der Waals surface area contributed by atoms with Crippen molar-refractivity contribution in [1.29, 1.82) is 0 Å². The standard InChI is InChI=1S/C33H40N4O4/c1-36-16-6-8-24(36)18-22-20-34-26-10-3-12-28(32(22)26)40-30(38)14-5-15-31(39)41-29-13-4-11-27-33(29)23(21-35-27)19-25-9-7-17-37(25)2/h3-4,10-13,20-21,24-25,34-35H,5-9,14-19H2,1-2H3/t24-,25-/m1/s1/i1D3,2D3,18D2,19D2. The number of aromatic nitrogens is 2. The maximum Gasteiger partial charge on any atom is 0.311 e. The van der Waals surface area contributed by atoms with Gasteiger partial charge in [-0.15, -0.1) is 0 Å². The molecule has 0 aliphatic carbocycles. The van der Waals surface area contributed by atoms with Gasteiger partial charge in [-0.3, -0.25) is 9.59 Å². The first-order valence-corrected chi connectivity index (χ1v) is 14.1. The van der Waals surface area contributed by atoms with Crippen LogP contribution in [-0.2, 0) is 22.3 Å². The molecule has 8 heteroatoms. The predicted octanol–water partition coefficient (Wildman–Crippen LogP) is 5.60. The number of ether oxygens (including phenoxy) is 2. The molecule has 2 fully saturated rings. The van der Waals surface area contributed by atoms with Crippen molar-refractivity contribution in [2.75, 3.05) is 27.0 Å². The van der Waals surface area contributed by atoms with Crippen LogP contribution in [0.3, 0.4) is 0 Å². The lowest BCUT2D eigenvalue weighted by molar-refractivity contribution is -0.135. The largest absolute Gasteiger partial charge is 0.426 e. The summed E-state index contributed by atoms with van der Waals surface area (Å²) in [7, 11) is 0. The number of hydrogen-bond donors (Lipinski definition) is 2. The number of esters is 2. The van der Waals surface area contributed by atoms with Gasteiger partial charge in [0.05, 0.1) is 0 Å². The van der Waals surface area contributed by atoms with E-state index in [9.17, 15) is 9.59 Å². The first-order valence-electron chi connectivity index (χ1n) is 19.1. The van der Waals surface area contributed by atoms with E-state index in [4.69, 9.17) is 23.2 Å². The zero-order valence-electron chi connectivity index (χ0n) is 32.7. The number of rotatable bonds is 10. The number of fused-ring (bicyclic) bond motifs is 2. The number of benzene rings is 2. The molecule has 2 saturated heterocycles. The number of hydrogen-bond acceptors (Lipinski definition) is 6. The molecule has 41 heavy (non-hydrogen) atoms. The van der Waals surface area contributed by atoms with Crippen molar-refractivity contribution in [3.63, 3.8) is 0 Å². The first kappa shape index (κ1) is 18.0. The van der Waals surface area contributed by atoms with Crippen molar-refractivity contribution in [3.8, 4) is 11.5 Å². The summed E-state index contributed by atoms with van der Waals surface area (Å²) in [6.45, 7) is -4.42. The third-order valence-electron chi connectivity index (χ3n) is 7.69. The zero-order valence-corrected chi connectivity index (χ0v) is 22.7. The monoisotopic (exact) mass is 566 g/mol. The average molecular weight is 567 g/mol. The van der Waals surface area contributed by atoms with Crippen molar-refractivity contribution in [2.24, 2.45) is 0 Å². The molecule has 2 aromatic carbocycles. The molecule has 2 aliphatic rings. The normalized spacial score (nSPS) is 24.8. The summed E-state index contributed by atoms with van der Waals surface area (Å²) in [4.78, 5) is 34.4. The lowest BCUT2D eigenvalue weighted by Crippen LogP contribution is -2.26. The van der Waals surface area contributed by atoms with Crippen LogP contribution in [0.1, 0.15) is 69.8 Å². The molecule has 2 aromatic heterocycles. The molecular formula is C33H40N4O4. The molecular weight excluding hydrogens is 516 g/mol. The Morgan fingerprint density at radius 2 is 1.32 bits per heavy atom. The summed E-state index contributed by atoms with van der Waals surface area (Å²) in [6.07, 6.45) is 0.323. The Morgan fingerprint density at radius 1 is 0.829 bits per heavy atom. The summed E-state index contributed by atoms with van der Waals surface area (Å²) >= 11 is 0. The van der Waals surface area contributed by atoms with E-state index >= 15 is 0 Å². The van der Waals surface area contributed by atoms with Gasteiger partial charge in [0, 0.05) is 72.8 Å². The average Bonchev–Trinajstić information content (AvgIpc) is 3.86. The van der Waals surface area contributed by atoms with Crippen LogP contribution in [0, 0.1) is 0 Å². The Bertz CT molecular complexity index is 1780. The molecule has 4 aromatic rings. The fourth-order valence-corrected chi connectivity index (χ4v) is 5.62. The minimum absolute atomic E-state index is 0.0660. The second-order valence-corrected chi connectivity index (χ2v) is 10.6. The van der Waals surface area contributed by atoms with Gasteiger partial charge in [-0.05, 0) is 107 Å². The van der Waals surface area contributed by atoms with Crippen molar-refractivity contribution in [1.82, 2.24) is 19.8 Å². The first-order chi connectivity index (χ1) is 23.9. The summed E-state index contributed by atoms with van der Waals surface area (Å²) in [5, 5.41) is 0.671. The van der Waals surface area contributed by atoms with E-state index in [1.165, 1.54) is 34.3 Å². The topological polar surface area (TPSA) is 90.7 Å². The Labute approximate surface area is 255 Å². The van der Waals surface area contributed by atoms with Crippen LogP contribution >= 0.6 is 0 Å². The Kier molecular flexibility index (Phi) is 5.32. The highest BCUT2D eigenvalue weighted by Crippen LogP contribution is 2.33. The fraction of sp³-hybridized carbons (Fsp3) is 0.455. The zero-order chi connectivity index (χ0) is 36.9. The molecule has 6 rings (SSSR count). The molecule has 0 radical (unpaired) electrons. The van der Waals surface area contributed by atoms with E-state index in [1.54, 1.807) is 24.3 Å². The maximum absolute atomic E-state index is 13.0. The Morgan fingerprint density at radius 3 is 1.78 bits per heavy atom. The van der Waals surface area contributed by atoms with Gasteiger partial charge in [0.25, 0.3) is 0 Å². The minimum atomic E-state index is -2.46. The third-order valence-corrected chi connectivity index (χ3v) is 7.69. The lowest BCUT2D eigenvalue weighted by Gasteiger charge is -2.19. The second kappa shape index (κ2) is 12.1. The molecule has 0 bridgehead atoms. The Hall–Kier alpha value is -3.62. The summed E-state index contributed by atoms with van der Waals surface area (Å²) in [5.41, 5.74) is 1.41. The minimum Gasteiger partial charge on any atom is -0.426 e. The lowest BCUT2D eigenvalue weighted by atomic mass is 10.0. The molecule has 0 unspecified atom stereocenters. The molecule has 2 atom stereocenters. The van der Waals surface area contributed by atoms with E-state index in [0.717, 1.165) is 0 Å². The van der Waals surface area contributed by atoms with Crippen molar-refractivity contribution >= 4 is 33.7 Å². The van der Waals surface area contributed by atoms with Crippen LogP contribution in [0.2, 0.25) is 0 Å². The van der Waals surface area contributed by atoms with Crippen molar-refractivity contribution < 1.29 is 32.8 Å². The number of H-pyrrole nitrogens is 2. The third kappa shape index (κ3) is 6.04. The summed E-state index contributed by atoms with van der Waals surface area (Å²) in [5.74, 6) is -1.10. The smallest absolute Gasteiger partial charge is 0.311 e. The van der Waals surface area contributed by atoms with Gasteiger partial charge in [-0.1, -0.05) is 12.1 Å². The predicted molar refractivity (Wildman–Crippen MR) is 160 cm³/mol. The van der Waals surface area contributed by atoms with Gasteiger partial charge in [-0.25, -0.2) is 0 Å². The van der Waals surface area contributed by atoms with Gasteiger partial charge >= 0.3 is 11.9 Å². The van der Waals surface area contributed by atoms with Crippen LogP contribution in [0.5, 0.6) is 11.5 Å². The maximum atomic E-state index is 13.0. The van der Waals surface area contributed by atoms with Crippen LogP contribution < -0.4 is 9.47 Å². The fourth-order valence-electron chi connectivity index (χ4n) is 5.62. The number of likely N-dealkylation sites (tertiary alicyclic amines) is 2. The van der Waals surface area contributed by atoms with Crippen molar-refractivity contribution in [2.45, 2.75) is 69.8 Å². The molecule has 0 saturated carbocycles. The van der Waals surface area contributed by atoms with E-state index in [0.29, 0.717) is 47.5 Å². The van der Waals surface area contributed by atoms with Gasteiger partial charge in [0.1, 0.15) is 11.5 Å². The highest BCUT2D eigenvalue weighted by molar-refractivity contribution is 5.92. The highest BCUT2D eigenvalue weighted by Gasteiger charge is 2.25. The SMILES string of the molecule is [2H]C([2H])(c1c[nH]c2cccc(OC(=O)CCCC(=O)Oc3cccc4[nH]cc(C([2H])([2H])[C@H]5CCCN5C([2H])([2H])[2H])c34)c12)[C@H]1CCCN1C([2H])([2H])[2H]. The number of aromatic amines is 2. The van der Waals surface area contributed by atoms with E-state index < -0.39 is 50.7 Å². The van der Waals surface area contributed by atoms with Crippen LogP contribution in [-0.4, -0.2) is 70.8 Å². The van der Waals surface area contributed by atoms with Gasteiger partial charge < -0.3 is 29.2 Å². The van der Waals surface area contributed by atoms with Crippen LogP contribution in [0.4, 0.5) is 0 Å². The summed E-state index contributed by atoms with van der Waals surface area (Å²) in [6, 6.07) is 7.97. The number of nitrogens with zero attached hydrogens (tertiary/aromatic N) is 2. The number of likely N-dealkylation sites (N-methyl/N-ethyl adjacent to an activating group) is 2. The van der Waals surface area contributed by atoms with E-state index in [2.05, 4.69) is 9.97 Å². The highest BCUT2D eigenvalue weighted by atomic mass is 16.5. The van der Waals surface area contributed by atoms with E-state index in [1.807, 2.05) is 0 Å². The molecule has 4 heterocycles. The van der Waals surface area contributed by atoms with Gasteiger partial charge in [0.15, 0.2) is 0 Å². The molecule has 2 aliphatic heterocycles. The Balaban J connectivity index is 1.12. The second-order valence-electron chi connectivity index (χ2n) is 10.6. The number of carbonyl (C=O) groups is 2. The van der Waals surface area contributed by atoms with Gasteiger partial charge in [0.2, 0.25) is 0 Å². The van der Waals surface area contributed by atoms with Crippen molar-refractivity contribution in [3.05, 3.63) is 59.9 Å². The molecule has 2 N–H and O–H groups in total. The number of nitrogens with one attached hydrogen (secondary N) is 2.